The molecule has 1 amide bonds. The van der Waals surface area contributed by atoms with Gasteiger partial charge in [-0.05, 0) is 60.3 Å². The Kier molecular flexibility index (Phi) is 6.68. The van der Waals surface area contributed by atoms with Gasteiger partial charge in [-0.15, -0.1) is 11.3 Å². The number of sulfonamides is 1. The summed E-state index contributed by atoms with van der Waals surface area (Å²) >= 11 is 7.41. The van der Waals surface area contributed by atoms with Gasteiger partial charge in [-0.3, -0.25) is 9.10 Å². The summed E-state index contributed by atoms with van der Waals surface area (Å²) in [6.45, 7) is 1.51. The van der Waals surface area contributed by atoms with E-state index in [0.717, 1.165) is 14.7 Å². The van der Waals surface area contributed by atoms with Crippen LogP contribution in [-0.2, 0) is 14.8 Å². The quantitative estimate of drug-likeness (QED) is 0.438. The van der Waals surface area contributed by atoms with Crippen molar-refractivity contribution in [2.24, 2.45) is 5.10 Å². The van der Waals surface area contributed by atoms with Crippen molar-refractivity contribution in [3.05, 3.63) is 81.5 Å². The number of nitrogens with zero attached hydrogens (tertiary/aromatic N) is 2. The van der Waals surface area contributed by atoms with Gasteiger partial charge < -0.3 is 0 Å². The van der Waals surface area contributed by atoms with Crippen molar-refractivity contribution < 1.29 is 13.2 Å². The number of amides is 1. The van der Waals surface area contributed by atoms with Crippen LogP contribution in [-0.4, -0.2) is 27.1 Å². The summed E-state index contributed by atoms with van der Waals surface area (Å²) in [5.41, 5.74) is 3.76. The fourth-order valence-corrected chi connectivity index (χ4v) is 4.84. The van der Waals surface area contributed by atoms with Crippen LogP contribution in [0.15, 0.2) is 76.0 Å². The molecule has 3 aromatic rings. The number of nitrogens with one attached hydrogen (secondary N) is 1. The predicted molar refractivity (Wildman–Crippen MR) is 117 cm³/mol. The summed E-state index contributed by atoms with van der Waals surface area (Å²) in [7, 11) is -3.96. The molecule has 0 unspecified atom stereocenters. The number of rotatable bonds is 7. The van der Waals surface area contributed by atoms with Gasteiger partial charge in [-0.2, -0.15) is 5.10 Å². The van der Waals surface area contributed by atoms with Gasteiger partial charge in [0.2, 0.25) is 0 Å². The summed E-state index contributed by atoms with van der Waals surface area (Å²) in [6.07, 6.45) is 1.54. The first-order chi connectivity index (χ1) is 13.9. The van der Waals surface area contributed by atoms with Crippen molar-refractivity contribution in [2.75, 3.05) is 10.8 Å². The minimum atomic E-state index is -3.96. The van der Waals surface area contributed by atoms with E-state index in [9.17, 15) is 13.2 Å². The number of carbonyl (C=O) groups excluding carboxylic acids is 1. The van der Waals surface area contributed by atoms with Gasteiger partial charge in [0.1, 0.15) is 6.54 Å². The first kappa shape index (κ1) is 21.0. The van der Waals surface area contributed by atoms with Crippen molar-refractivity contribution in [3.8, 4) is 0 Å². The van der Waals surface area contributed by atoms with E-state index in [1.54, 1.807) is 42.5 Å². The van der Waals surface area contributed by atoms with Crippen LogP contribution in [0.4, 0.5) is 5.69 Å². The smallest absolute Gasteiger partial charge is 0.264 e. The second kappa shape index (κ2) is 9.21. The Morgan fingerprint density at radius 2 is 1.83 bits per heavy atom. The lowest BCUT2D eigenvalue weighted by Gasteiger charge is -2.23. The Morgan fingerprint density at radius 1 is 1.14 bits per heavy atom. The van der Waals surface area contributed by atoms with Crippen LogP contribution in [0.25, 0.3) is 0 Å². The zero-order valence-corrected chi connectivity index (χ0v) is 17.8. The first-order valence-electron chi connectivity index (χ1n) is 8.57. The molecule has 0 aliphatic rings. The van der Waals surface area contributed by atoms with Gasteiger partial charge in [-0.1, -0.05) is 29.8 Å². The number of hydrogen-bond donors (Lipinski definition) is 1. The molecule has 0 atom stereocenters. The van der Waals surface area contributed by atoms with Gasteiger partial charge in [-0.25, -0.2) is 13.8 Å². The second-order valence-corrected chi connectivity index (χ2v) is 9.31. The van der Waals surface area contributed by atoms with E-state index in [1.807, 2.05) is 18.4 Å². The molecule has 0 spiro atoms. The van der Waals surface area contributed by atoms with Crippen molar-refractivity contribution in [1.29, 1.82) is 0 Å². The average molecular weight is 448 g/mol. The molecule has 1 N–H and O–H groups in total. The highest BCUT2D eigenvalue weighted by atomic mass is 35.5. The van der Waals surface area contributed by atoms with Crippen LogP contribution < -0.4 is 9.73 Å². The van der Waals surface area contributed by atoms with Crippen LogP contribution >= 0.6 is 22.9 Å². The number of halogens is 1. The minimum Gasteiger partial charge on any atom is -0.271 e. The van der Waals surface area contributed by atoms with Gasteiger partial charge in [0.05, 0.1) is 16.8 Å². The van der Waals surface area contributed by atoms with Gasteiger partial charge in [0, 0.05) is 9.90 Å². The fourth-order valence-electron chi connectivity index (χ4n) is 2.49. The van der Waals surface area contributed by atoms with Gasteiger partial charge in [0.25, 0.3) is 15.9 Å². The number of carbonyl (C=O) groups is 1. The first-order valence-corrected chi connectivity index (χ1v) is 11.3. The minimum absolute atomic E-state index is 0.0838. The summed E-state index contributed by atoms with van der Waals surface area (Å²) < 4.78 is 27.3. The van der Waals surface area contributed by atoms with Gasteiger partial charge in [0.15, 0.2) is 0 Å². The third kappa shape index (κ3) is 5.23. The topological polar surface area (TPSA) is 78.8 Å². The lowest BCUT2D eigenvalue weighted by atomic mass is 10.3. The fraction of sp³-hybridized carbons (Fsp3) is 0.100. The summed E-state index contributed by atoms with van der Waals surface area (Å²) in [5.74, 6) is -0.565. The molecule has 9 heteroatoms. The molecular formula is C20H18ClN3O3S2. The number of benzene rings is 2. The van der Waals surface area contributed by atoms with Crippen molar-refractivity contribution in [2.45, 2.75) is 11.8 Å². The van der Waals surface area contributed by atoms with Crippen LogP contribution in [0.1, 0.15) is 10.4 Å². The second-order valence-electron chi connectivity index (χ2n) is 6.06. The molecule has 2 aromatic carbocycles. The maximum absolute atomic E-state index is 13.1. The lowest BCUT2D eigenvalue weighted by Crippen LogP contribution is -2.39. The molecule has 0 aliphatic carbocycles. The van der Waals surface area contributed by atoms with E-state index in [1.165, 1.54) is 29.7 Å². The highest BCUT2D eigenvalue weighted by Gasteiger charge is 2.27. The molecule has 0 fully saturated rings. The Labute approximate surface area is 178 Å². The van der Waals surface area contributed by atoms with E-state index in [2.05, 4.69) is 10.5 Å². The molecule has 150 valence electrons. The van der Waals surface area contributed by atoms with E-state index in [-0.39, 0.29) is 4.90 Å². The molecule has 0 bridgehead atoms. The Balaban J connectivity index is 1.83. The molecule has 1 heterocycles. The molecule has 3 rings (SSSR count). The van der Waals surface area contributed by atoms with E-state index in [0.29, 0.717) is 10.7 Å². The zero-order chi connectivity index (χ0) is 20.9. The number of hydrazone groups is 1. The van der Waals surface area contributed by atoms with E-state index < -0.39 is 22.5 Å². The highest BCUT2D eigenvalue weighted by molar-refractivity contribution is 7.92. The average Bonchev–Trinajstić information content (AvgIpc) is 3.12. The SMILES string of the molecule is Cc1ccsc1/C=N/NC(=O)CN(c1ccc(Cl)cc1)S(=O)(=O)c1ccccc1. The van der Waals surface area contributed by atoms with Crippen molar-refractivity contribution in [1.82, 2.24) is 5.43 Å². The standard InChI is InChI=1S/C20H18ClN3O3S2/c1-15-11-12-28-19(15)13-22-23-20(25)14-24(17-9-7-16(21)8-10-17)29(26,27)18-5-3-2-4-6-18/h2-13H,14H2,1H3,(H,23,25)/b22-13+. The van der Waals surface area contributed by atoms with Crippen LogP contribution in [0.2, 0.25) is 5.02 Å². The maximum Gasteiger partial charge on any atom is 0.264 e. The van der Waals surface area contributed by atoms with Crippen LogP contribution in [0, 0.1) is 6.92 Å². The maximum atomic E-state index is 13.1. The number of thiophene rings is 1. The molecule has 1 aromatic heterocycles. The largest absolute Gasteiger partial charge is 0.271 e. The third-order valence-corrected chi connectivity index (χ3v) is 7.00. The van der Waals surface area contributed by atoms with E-state index in [4.69, 9.17) is 11.6 Å². The summed E-state index contributed by atoms with van der Waals surface area (Å²) in [4.78, 5) is 13.4. The van der Waals surface area contributed by atoms with Crippen molar-refractivity contribution in [3.63, 3.8) is 0 Å². The summed E-state index contributed by atoms with van der Waals surface area (Å²) in [5, 5.41) is 6.32. The van der Waals surface area contributed by atoms with Crippen molar-refractivity contribution >= 4 is 50.8 Å². The Bertz CT molecular complexity index is 1110. The zero-order valence-electron chi connectivity index (χ0n) is 15.4. The Morgan fingerprint density at radius 3 is 2.45 bits per heavy atom. The number of aryl methyl sites for hydroxylation is 1. The normalized spacial score (nSPS) is 11.5. The monoisotopic (exact) mass is 447 g/mol. The van der Waals surface area contributed by atoms with Crippen LogP contribution in [0.3, 0.4) is 0 Å². The van der Waals surface area contributed by atoms with Crippen LogP contribution in [0.5, 0.6) is 0 Å². The Hall–Kier alpha value is -2.68. The van der Waals surface area contributed by atoms with E-state index >= 15 is 0 Å². The molecule has 6 nitrogen and oxygen atoms in total. The third-order valence-electron chi connectivity index (χ3n) is 4.01. The number of hydrogen-bond acceptors (Lipinski definition) is 5. The predicted octanol–water partition coefficient (Wildman–Crippen LogP) is 4.06. The lowest BCUT2D eigenvalue weighted by molar-refractivity contribution is -0.119. The molecule has 0 radical (unpaired) electrons. The molecule has 29 heavy (non-hydrogen) atoms. The molecule has 0 saturated heterocycles. The molecule has 0 aliphatic heterocycles. The number of anilines is 1. The highest BCUT2D eigenvalue weighted by Crippen LogP contribution is 2.25. The molecule has 0 saturated carbocycles. The molecular weight excluding hydrogens is 430 g/mol. The summed E-state index contributed by atoms with van der Waals surface area (Å²) in [6, 6.07) is 16.1. The van der Waals surface area contributed by atoms with Gasteiger partial charge >= 0.3 is 0 Å².